The smallest absolute Gasteiger partial charge is 0.199 e. The van der Waals surface area contributed by atoms with Crippen molar-refractivity contribution in [1.82, 2.24) is 25.0 Å². The highest BCUT2D eigenvalue weighted by Gasteiger charge is 2.01. The number of hydrogen-bond acceptors (Lipinski definition) is 6. The second kappa shape index (κ2) is 3.31. The summed E-state index contributed by atoms with van der Waals surface area (Å²) < 4.78 is 1.52. The molecule has 68 valence electrons. The van der Waals surface area contributed by atoms with Crippen molar-refractivity contribution < 1.29 is 5.11 Å². The van der Waals surface area contributed by atoms with E-state index in [2.05, 4.69) is 25.8 Å². The van der Waals surface area contributed by atoms with Crippen LogP contribution < -0.4 is 5.32 Å². The Morgan fingerprint density at radius 3 is 3.23 bits per heavy atom. The Hall–Kier alpha value is -1.76. The molecule has 0 amide bonds. The SMILES string of the molecule is OCCNc1cncc2nnnn12. The molecule has 0 aliphatic heterocycles. The topological polar surface area (TPSA) is 88.2 Å². The molecule has 2 aromatic rings. The molecule has 0 atom stereocenters. The van der Waals surface area contributed by atoms with Crippen LogP contribution >= 0.6 is 0 Å². The van der Waals surface area contributed by atoms with E-state index in [1.165, 1.54) is 4.52 Å². The molecule has 0 spiro atoms. The molecule has 0 radical (unpaired) electrons. The summed E-state index contributed by atoms with van der Waals surface area (Å²) >= 11 is 0. The summed E-state index contributed by atoms with van der Waals surface area (Å²) in [6, 6.07) is 0. The third-order valence-corrected chi connectivity index (χ3v) is 1.53. The number of aliphatic hydroxyl groups excluding tert-OH is 1. The first kappa shape index (κ1) is 7.87. The summed E-state index contributed by atoms with van der Waals surface area (Å²) in [6.45, 7) is 0.499. The van der Waals surface area contributed by atoms with Gasteiger partial charge in [0.25, 0.3) is 0 Å². The van der Waals surface area contributed by atoms with Crippen molar-refractivity contribution in [1.29, 1.82) is 0 Å². The summed E-state index contributed by atoms with van der Waals surface area (Å²) in [4.78, 5) is 3.93. The molecule has 0 aliphatic carbocycles. The summed E-state index contributed by atoms with van der Waals surface area (Å²) in [6.07, 6.45) is 3.16. The lowest BCUT2D eigenvalue weighted by Gasteiger charge is -2.03. The van der Waals surface area contributed by atoms with Gasteiger partial charge in [0.15, 0.2) is 5.65 Å². The maximum atomic E-state index is 8.61. The van der Waals surface area contributed by atoms with Crippen LogP contribution in [0.4, 0.5) is 5.82 Å². The third-order valence-electron chi connectivity index (χ3n) is 1.53. The van der Waals surface area contributed by atoms with Crippen molar-refractivity contribution >= 4 is 11.5 Å². The highest BCUT2D eigenvalue weighted by Crippen LogP contribution is 2.04. The van der Waals surface area contributed by atoms with Crippen LogP contribution in [0, 0.1) is 0 Å². The number of aromatic nitrogens is 5. The van der Waals surface area contributed by atoms with E-state index in [-0.39, 0.29) is 6.61 Å². The molecule has 0 saturated heterocycles. The molecular formula is C6H8N6O. The highest BCUT2D eigenvalue weighted by molar-refractivity contribution is 5.43. The molecule has 7 heteroatoms. The lowest BCUT2D eigenvalue weighted by atomic mass is 10.6. The number of anilines is 1. The number of rotatable bonds is 3. The second-order valence-corrected chi connectivity index (χ2v) is 2.39. The predicted molar refractivity (Wildman–Crippen MR) is 44.2 cm³/mol. The van der Waals surface area contributed by atoms with E-state index in [0.717, 1.165) is 0 Å². The maximum absolute atomic E-state index is 8.61. The number of nitrogens with zero attached hydrogens (tertiary/aromatic N) is 5. The summed E-state index contributed by atoms with van der Waals surface area (Å²) in [5.41, 5.74) is 0.572. The van der Waals surface area contributed by atoms with Gasteiger partial charge in [0.05, 0.1) is 19.0 Å². The van der Waals surface area contributed by atoms with Crippen molar-refractivity contribution in [2.45, 2.75) is 0 Å². The van der Waals surface area contributed by atoms with Crippen molar-refractivity contribution in [3.05, 3.63) is 12.4 Å². The molecule has 0 saturated carbocycles. The van der Waals surface area contributed by atoms with Gasteiger partial charge in [-0.25, -0.2) is 0 Å². The zero-order valence-corrected chi connectivity index (χ0v) is 6.75. The van der Waals surface area contributed by atoms with Gasteiger partial charge >= 0.3 is 0 Å². The van der Waals surface area contributed by atoms with E-state index in [0.29, 0.717) is 18.0 Å². The van der Waals surface area contributed by atoms with Crippen LogP contribution in [0.25, 0.3) is 5.65 Å². The van der Waals surface area contributed by atoms with Crippen LogP contribution in [0.2, 0.25) is 0 Å². The van der Waals surface area contributed by atoms with Gasteiger partial charge in [0.2, 0.25) is 0 Å². The summed E-state index contributed by atoms with van der Waals surface area (Å²) in [5, 5.41) is 22.5. The van der Waals surface area contributed by atoms with E-state index in [4.69, 9.17) is 5.11 Å². The van der Waals surface area contributed by atoms with Gasteiger partial charge in [-0.1, -0.05) is 0 Å². The molecule has 2 aromatic heterocycles. The van der Waals surface area contributed by atoms with Crippen LogP contribution in [0.5, 0.6) is 0 Å². The summed E-state index contributed by atoms with van der Waals surface area (Å²) in [5.74, 6) is 0.663. The number of aliphatic hydroxyl groups is 1. The molecule has 13 heavy (non-hydrogen) atoms. The lowest BCUT2D eigenvalue weighted by Crippen LogP contribution is -2.09. The minimum Gasteiger partial charge on any atom is -0.395 e. The fourth-order valence-electron chi connectivity index (χ4n) is 0.980. The van der Waals surface area contributed by atoms with Crippen LogP contribution in [0.15, 0.2) is 12.4 Å². The van der Waals surface area contributed by atoms with Gasteiger partial charge in [-0.2, -0.15) is 4.52 Å². The predicted octanol–water partition coefficient (Wildman–Crippen LogP) is -1.08. The van der Waals surface area contributed by atoms with Crippen LogP contribution in [0.1, 0.15) is 0 Å². The number of tetrazole rings is 1. The first-order valence-electron chi connectivity index (χ1n) is 3.78. The molecule has 0 unspecified atom stereocenters. The van der Waals surface area contributed by atoms with E-state index in [1.54, 1.807) is 12.4 Å². The Morgan fingerprint density at radius 1 is 1.46 bits per heavy atom. The monoisotopic (exact) mass is 180 g/mol. The minimum atomic E-state index is 0.0541. The molecule has 0 bridgehead atoms. The van der Waals surface area contributed by atoms with Gasteiger partial charge in [0.1, 0.15) is 5.82 Å². The Kier molecular flexibility index (Phi) is 2.01. The normalized spacial score (nSPS) is 10.5. The average molecular weight is 180 g/mol. The zero-order valence-electron chi connectivity index (χ0n) is 6.75. The van der Waals surface area contributed by atoms with Crippen molar-refractivity contribution in [3.63, 3.8) is 0 Å². The maximum Gasteiger partial charge on any atom is 0.199 e. The molecular weight excluding hydrogens is 172 g/mol. The minimum absolute atomic E-state index is 0.0541. The van der Waals surface area contributed by atoms with Crippen molar-refractivity contribution in [2.75, 3.05) is 18.5 Å². The average Bonchev–Trinajstić information content (AvgIpc) is 2.62. The number of nitrogens with one attached hydrogen (secondary N) is 1. The standard InChI is InChI=1S/C6H8N6O/c13-2-1-8-5-3-7-4-6-9-10-11-12(5)6/h3-4,8,13H,1-2H2. The molecule has 7 nitrogen and oxygen atoms in total. The molecule has 2 heterocycles. The van der Waals surface area contributed by atoms with E-state index in [9.17, 15) is 0 Å². The Balaban J connectivity index is 2.37. The lowest BCUT2D eigenvalue weighted by molar-refractivity contribution is 0.311. The molecule has 0 aliphatic rings. The van der Waals surface area contributed by atoms with Crippen molar-refractivity contribution in [2.24, 2.45) is 0 Å². The molecule has 2 rings (SSSR count). The zero-order chi connectivity index (χ0) is 9.10. The van der Waals surface area contributed by atoms with Gasteiger partial charge in [-0.3, -0.25) is 4.98 Å². The fourth-order valence-corrected chi connectivity index (χ4v) is 0.980. The number of fused-ring (bicyclic) bond motifs is 1. The van der Waals surface area contributed by atoms with Gasteiger partial charge < -0.3 is 10.4 Å². The Labute approximate surface area is 73.4 Å². The van der Waals surface area contributed by atoms with Gasteiger partial charge in [-0.05, 0) is 10.4 Å². The highest BCUT2D eigenvalue weighted by atomic mass is 16.3. The van der Waals surface area contributed by atoms with Crippen LogP contribution in [0.3, 0.4) is 0 Å². The summed E-state index contributed by atoms with van der Waals surface area (Å²) in [7, 11) is 0. The van der Waals surface area contributed by atoms with Gasteiger partial charge in [0, 0.05) is 6.54 Å². The third kappa shape index (κ3) is 1.41. The molecule has 0 fully saturated rings. The fraction of sp³-hybridized carbons (Fsp3) is 0.333. The van der Waals surface area contributed by atoms with Crippen molar-refractivity contribution in [3.8, 4) is 0 Å². The second-order valence-electron chi connectivity index (χ2n) is 2.39. The number of hydrogen-bond donors (Lipinski definition) is 2. The van der Waals surface area contributed by atoms with E-state index >= 15 is 0 Å². The van der Waals surface area contributed by atoms with Crippen LogP contribution in [-0.4, -0.2) is 43.3 Å². The Morgan fingerprint density at radius 2 is 2.38 bits per heavy atom. The van der Waals surface area contributed by atoms with Gasteiger partial charge in [-0.15, -0.1) is 5.10 Å². The molecule has 0 aromatic carbocycles. The first-order valence-corrected chi connectivity index (χ1v) is 3.78. The Bertz CT molecular complexity index is 399. The first-order chi connectivity index (χ1) is 6.42. The largest absolute Gasteiger partial charge is 0.395 e. The van der Waals surface area contributed by atoms with E-state index in [1.807, 2.05) is 0 Å². The quantitative estimate of drug-likeness (QED) is 0.624. The molecule has 2 N–H and O–H groups in total. The van der Waals surface area contributed by atoms with E-state index < -0.39 is 0 Å². The van der Waals surface area contributed by atoms with Crippen LogP contribution in [-0.2, 0) is 0 Å².